The van der Waals surface area contributed by atoms with Crippen molar-refractivity contribution in [1.82, 2.24) is 4.90 Å². The van der Waals surface area contributed by atoms with E-state index in [1.165, 1.54) is 0 Å². The van der Waals surface area contributed by atoms with Crippen LogP contribution >= 0.6 is 0 Å². The Bertz CT molecular complexity index is 228. The molecule has 0 aliphatic carbocycles. The van der Waals surface area contributed by atoms with Gasteiger partial charge in [0.05, 0.1) is 6.61 Å². The summed E-state index contributed by atoms with van der Waals surface area (Å²) in [7, 11) is 1.64. The number of aliphatic carboxylic acids is 1. The second-order valence-electron chi connectivity index (χ2n) is 4.66. The lowest BCUT2D eigenvalue weighted by Gasteiger charge is -2.35. The third kappa shape index (κ3) is 5.48. The zero-order chi connectivity index (χ0) is 13.5. The molecule has 1 unspecified atom stereocenters. The number of carboxylic acids is 1. The first kappa shape index (κ1) is 16.4. The number of nitrogens with two attached hydrogens (primary N) is 1. The minimum Gasteiger partial charge on any atom is -0.480 e. The average molecular weight is 246 g/mol. The van der Waals surface area contributed by atoms with Crippen molar-refractivity contribution in [2.75, 3.05) is 26.8 Å². The molecule has 0 saturated carbocycles. The van der Waals surface area contributed by atoms with Crippen LogP contribution in [-0.2, 0) is 9.53 Å². The van der Waals surface area contributed by atoms with Crippen LogP contribution < -0.4 is 5.73 Å². The molecule has 0 heterocycles. The SMILES string of the molecule is CCC(CC)N(CCOC)CC(C)(N)C(=O)O. The number of hydrogen-bond acceptors (Lipinski definition) is 4. The van der Waals surface area contributed by atoms with Crippen molar-refractivity contribution in [3.63, 3.8) is 0 Å². The largest absolute Gasteiger partial charge is 0.480 e. The molecule has 0 amide bonds. The summed E-state index contributed by atoms with van der Waals surface area (Å²) < 4.78 is 5.06. The number of ether oxygens (including phenoxy) is 1. The van der Waals surface area contributed by atoms with Crippen molar-refractivity contribution in [2.24, 2.45) is 5.73 Å². The van der Waals surface area contributed by atoms with Gasteiger partial charge in [-0.05, 0) is 19.8 Å². The topological polar surface area (TPSA) is 75.8 Å². The summed E-state index contributed by atoms with van der Waals surface area (Å²) in [5, 5.41) is 9.06. The molecule has 0 spiro atoms. The molecular formula is C12H26N2O3. The molecule has 0 rings (SSSR count). The molecule has 5 heteroatoms. The molecule has 0 saturated heterocycles. The van der Waals surface area contributed by atoms with E-state index in [9.17, 15) is 4.79 Å². The zero-order valence-electron chi connectivity index (χ0n) is 11.4. The Kier molecular flexibility index (Phi) is 7.34. The minimum absolute atomic E-state index is 0.345. The van der Waals surface area contributed by atoms with Gasteiger partial charge in [0, 0.05) is 26.2 Å². The summed E-state index contributed by atoms with van der Waals surface area (Å²) in [6.45, 7) is 7.40. The van der Waals surface area contributed by atoms with Gasteiger partial charge in [-0.1, -0.05) is 13.8 Å². The van der Waals surface area contributed by atoms with Gasteiger partial charge < -0.3 is 15.6 Å². The van der Waals surface area contributed by atoms with E-state index in [-0.39, 0.29) is 0 Å². The van der Waals surface area contributed by atoms with Gasteiger partial charge in [0.15, 0.2) is 0 Å². The fourth-order valence-corrected chi connectivity index (χ4v) is 1.89. The number of carbonyl (C=O) groups is 1. The second-order valence-corrected chi connectivity index (χ2v) is 4.66. The monoisotopic (exact) mass is 246 g/mol. The summed E-state index contributed by atoms with van der Waals surface area (Å²) >= 11 is 0. The maximum absolute atomic E-state index is 11.0. The smallest absolute Gasteiger partial charge is 0.324 e. The van der Waals surface area contributed by atoms with E-state index in [0.29, 0.717) is 25.7 Å². The molecule has 0 bridgehead atoms. The van der Waals surface area contributed by atoms with E-state index >= 15 is 0 Å². The van der Waals surface area contributed by atoms with Crippen molar-refractivity contribution in [2.45, 2.75) is 45.2 Å². The highest BCUT2D eigenvalue weighted by Gasteiger charge is 2.32. The van der Waals surface area contributed by atoms with E-state index in [1.807, 2.05) is 0 Å². The number of carboxylic acid groups (broad SMARTS) is 1. The molecule has 0 aliphatic rings. The summed E-state index contributed by atoms with van der Waals surface area (Å²) in [5.41, 5.74) is 4.59. The molecule has 17 heavy (non-hydrogen) atoms. The van der Waals surface area contributed by atoms with Gasteiger partial charge >= 0.3 is 5.97 Å². The van der Waals surface area contributed by atoms with Gasteiger partial charge in [0.2, 0.25) is 0 Å². The lowest BCUT2D eigenvalue weighted by Crippen LogP contribution is -2.56. The fraction of sp³-hybridized carbons (Fsp3) is 0.917. The molecule has 102 valence electrons. The quantitative estimate of drug-likeness (QED) is 0.633. The van der Waals surface area contributed by atoms with Crippen molar-refractivity contribution < 1.29 is 14.6 Å². The van der Waals surface area contributed by atoms with Gasteiger partial charge in [0.25, 0.3) is 0 Å². The Balaban J connectivity index is 4.62. The van der Waals surface area contributed by atoms with Crippen LogP contribution in [0.4, 0.5) is 0 Å². The summed E-state index contributed by atoms with van der Waals surface area (Å²) in [4.78, 5) is 13.2. The standard InChI is InChI=1S/C12H26N2O3/c1-5-10(6-2)14(7-8-17-4)9-12(3,13)11(15)16/h10H,5-9,13H2,1-4H3,(H,15,16). The Morgan fingerprint density at radius 1 is 1.47 bits per heavy atom. The molecule has 0 fully saturated rings. The first-order valence-corrected chi connectivity index (χ1v) is 6.14. The van der Waals surface area contributed by atoms with Crippen LogP contribution in [0.15, 0.2) is 0 Å². The number of rotatable bonds is 9. The predicted octanol–water partition coefficient (Wildman–Crippen LogP) is 0.925. The normalized spacial score (nSPS) is 15.2. The van der Waals surface area contributed by atoms with Gasteiger partial charge in [-0.15, -0.1) is 0 Å². The minimum atomic E-state index is -1.21. The first-order valence-electron chi connectivity index (χ1n) is 6.14. The maximum atomic E-state index is 11.0. The van der Waals surface area contributed by atoms with Crippen molar-refractivity contribution in [1.29, 1.82) is 0 Å². The lowest BCUT2D eigenvalue weighted by molar-refractivity contribution is -0.143. The van der Waals surface area contributed by atoms with Crippen LogP contribution in [0.25, 0.3) is 0 Å². The Labute approximate surface area is 104 Å². The van der Waals surface area contributed by atoms with E-state index in [0.717, 1.165) is 12.8 Å². The molecular weight excluding hydrogens is 220 g/mol. The van der Waals surface area contributed by atoms with E-state index in [2.05, 4.69) is 18.7 Å². The van der Waals surface area contributed by atoms with E-state index in [1.54, 1.807) is 14.0 Å². The van der Waals surface area contributed by atoms with Crippen molar-refractivity contribution in [3.8, 4) is 0 Å². The van der Waals surface area contributed by atoms with Crippen LogP contribution in [0.2, 0.25) is 0 Å². The van der Waals surface area contributed by atoms with Gasteiger partial charge in [-0.3, -0.25) is 9.69 Å². The Morgan fingerprint density at radius 2 is 2.00 bits per heavy atom. The predicted molar refractivity (Wildman–Crippen MR) is 68.0 cm³/mol. The van der Waals surface area contributed by atoms with Crippen LogP contribution in [0.1, 0.15) is 33.6 Å². The maximum Gasteiger partial charge on any atom is 0.324 e. The Hall–Kier alpha value is -0.650. The highest BCUT2D eigenvalue weighted by molar-refractivity contribution is 5.78. The summed E-state index contributed by atoms with van der Waals surface area (Å²) in [5.74, 6) is -0.967. The molecule has 0 aromatic carbocycles. The summed E-state index contributed by atoms with van der Waals surface area (Å²) in [6, 6.07) is 0.354. The van der Waals surface area contributed by atoms with Gasteiger partial charge in [0.1, 0.15) is 5.54 Å². The highest BCUT2D eigenvalue weighted by atomic mass is 16.5. The first-order chi connectivity index (χ1) is 7.88. The summed E-state index contributed by atoms with van der Waals surface area (Å²) in [6.07, 6.45) is 1.96. The molecule has 1 atom stereocenters. The lowest BCUT2D eigenvalue weighted by atomic mass is 10.0. The van der Waals surface area contributed by atoms with Crippen LogP contribution in [-0.4, -0.2) is 54.4 Å². The Morgan fingerprint density at radius 3 is 2.35 bits per heavy atom. The van der Waals surface area contributed by atoms with Crippen molar-refractivity contribution in [3.05, 3.63) is 0 Å². The molecule has 0 aromatic heterocycles. The fourth-order valence-electron chi connectivity index (χ4n) is 1.89. The van der Waals surface area contributed by atoms with Gasteiger partial charge in [-0.2, -0.15) is 0 Å². The third-order valence-electron chi connectivity index (χ3n) is 3.06. The van der Waals surface area contributed by atoms with Crippen LogP contribution in [0, 0.1) is 0 Å². The van der Waals surface area contributed by atoms with Crippen LogP contribution in [0.3, 0.4) is 0 Å². The number of nitrogens with zero attached hydrogens (tertiary/aromatic N) is 1. The zero-order valence-corrected chi connectivity index (χ0v) is 11.4. The highest BCUT2D eigenvalue weighted by Crippen LogP contribution is 2.12. The van der Waals surface area contributed by atoms with E-state index < -0.39 is 11.5 Å². The van der Waals surface area contributed by atoms with Gasteiger partial charge in [-0.25, -0.2) is 0 Å². The molecule has 3 N–H and O–H groups in total. The van der Waals surface area contributed by atoms with Crippen LogP contribution in [0.5, 0.6) is 0 Å². The van der Waals surface area contributed by atoms with E-state index in [4.69, 9.17) is 15.6 Å². The molecule has 0 aromatic rings. The molecule has 0 aliphatic heterocycles. The second kappa shape index (κ2) is 7.63. The molecule has 5 nitrogen and oxygen atoms in total. The number of methoxy groups -OCH3 is 1. The third-order valence-corrected chi connectivity index (χ3v) is 3.06. The number of hydrogen-bond donors (Lipinski definition) is 2. The van der Waals surface area contributed by atoms with Crippen molar-refractivity contribution >= 4 is 5.97 Å². The average Bonchev–Trinajstić information content (AvgIpc) is 2.26. The molecule has 0 radical (unpaired) electrons.